The molecule has 0 spiro atoms. The van der Waals surface area contributed by atoms with Gasteiger partial charge in [0.1, 0.15) is 0 Å². The van der Waals surface area contributed by atoms with Gasteiger partial charge < -0.3 is 5.32 Å². The summed E-state index contributed by atoms with van der Waals surface area (Å²) >= 11 is 0. The maximum absolute atomic E-state index is 3.47. The second kappa shape index (κ2) is 3.21. The van der Waals surface area contributed by atoms with Crippen molar-refractivity contribution in [3.05, 3.63) is 11.1 Å². The minimum atomic E-state index is 0.402. The quantitative estimate of drug-likeness (QED) is 0.592. The van der Waals surface area contributed by atoms with Crippen molar-refractivity contribution in [2.75, 3.05) is 13.1 Å². The predicted molar refractivity (Wildman–Crippen MR) is 54.2 cm³/mol. The maximum Gasteiger partial charge on any atom is 0.0173 e. The molecule has 1 aliphatic rings. The molecule has 0 aromatic rings. The van der Waals surface area contributed by atoms with Crippen molar-refractivity contribution in [1.29, 1.82) is 0 Å². The van der Waals surface area contributed by atoms with Crippen molar-refractivity contribution in [2.45, 2.75) is 34.6 Å². The third-order valence-corrected chi connectivity index (χ3v) is 3.36. The van der Waals surface area contributed by atoms with Crippen LogP contribution in [0.1, 0.15) is 34.6 Å². The summed E-state index contributed by atoms with van der Waals surface area (Å²) in [7, 11) is 0. The van der Waals surface area contributed by atoms with Crippen molar-refractivity contribution in [2.24, 2.45) is 11.3 Å². The van der Waals surface area contributed by atoms with Gasteiger partial charge in [-0.05, 0) is 19.8 Å². The zero-order valence-corrected chi connectivity index (χ0v) is 8.99. The van der Waals surface area contributed by atoms with Gasteiger partial charge in [-0.25, -0.2) is 0 Å². The normalized spacial score (nSPS) is 30.0. The van der Waals surface area contributed by atoms with Crippen LogP contribution in [0.15, 0.2) is 11.1 Å². The standard InChI is InChI=1S/C11H21N/c1-8(2)10-6-12-7-11(10,5)9(3)4/h9,12H,6-7H2,1-5H3/t11-/m0/s1. The van der Waals surface area contributed by atoms with Gasteiger partial charge in [0.05, 0.1) is 0 Å². The Morgan fingerprint density at radius 3 is 2.33 bits per heavy atom. The first-order chi connectivity index (χ1) is 5.48. The van der Waals surface area contributed by atoms with Crippen molar-refractivity contribution in [1.82, 2.24) is 5.32 Å². The largest absolute Gasteiger partial charge is 0.312 e. The van der Waals surface area contributed by atoms with Gasteiger partial charge >= 0.3 is 0 Å². The van der Waals surface area contributed by atoms with Crippen molar-refractivity contribution >= 4 is 0 Å². The summed E-state index contributed by atoms with van der Waals surface area (Å²) < 4.78 is 0. The van der Waals surface area contributed by atoms with Crippen LogP contribution in [0.5, 0.6) is 0 Å². The van der Waals surface area contributed by atoms with Gasteiger partial charge in [-0.15, -0.1) is 0 Å². The molecule has 12 heavy (non-hydrogen) atoms. The fourth-order valence-corrected chi connectivity index (χ4v) is 2.06. The summed E-state index contributed by atoms with van der Waals surface area (Å²) in [5, 5.41) is 3.47. The predicted octanol–water partition coefficient (Wildman–Crippen LogP) is 2.59. The fourth-order valence-electron chi connectivity index (χ4n) is 2.06. The molecule has 0 radical (unpaired) electrons. The molecule has 70 valence electrons. The van der Waals surface area contributed by atoms with Crippen LogP contribution in [0.2, 0.25) is 0 Å². The highest BCUT2D eigenvalue weighted by Gasteiger charge is 2.36. The van der Waals surface area contributed by atoms with E-state index in [1.54, 1.807) is 5.57 Å². The molecular weight excluding hydrogens is 146 g/mol. The summed E-state index contributed by atoms with van der Waals surface area (Å²) in [5.74, 6) is 0.734. The average molecular weight is 167 g/mol. The van der Waals surface area contributed by atoms with Crippen LogP contribution in [-0.2, 0) is 0 Å². The van der Waals surface area contributed by atoms with Crippen molar-refractivity contribution in [3.8, 4) is 0 Å². The summed E-state index contributed by atoms with van der Waals surface area (Å²) in [6, 6.07) is 0. The molecule has 0 unspecified atom stereocenters. The molecule has 0 amide bonds. The Labute approximate surface area is 76.2 Å². The smallest absolute Gasteiger partial charge is 0.0173 e. The maximum atomic E-state index is 3.47. The second-order valence-electron chi connectivity index (χ2n) is 4.65. The molecule has 1 saturated heterocycles. The second-order valence-corrected chi connectivity index (χ2v) is 4.65. The van der Waals surface area contributed by atoms with Crippen LogP contribution in [0.3, 0.4) is 0 Å². The molecule has 1 rings (SSSR count). The molecule has 1 nitrogen and oxygen atoms in total. The monoisotopic (exact) mass is 167 g/mol. The van der Waals surface area contributed by atoms with Gasteiger partial charge in [-0.2, -0.15) is 0 Å². The Balaban J connectivity index is 2.98. The first-order valence-electron chi connectivity index (χ1n) is 4.86. The lowest BCUT2D eigenvalue weighted by atomic mass is 9.74. The Hall–Kier alpha value is -0.300. The van der Waals surface area contributed by atoms with E-state index < -0.39 is 0 Å². The Morgan fingerprint density at radius 1 is 1.42 bits per heavy atom. The summed E-state index contributed by atoms with van der Waals surface area (Å²) in [4.78, 5) is 0. The van der Waals surface area contributed by atoms with Gasteiger partial charge in [-0.3, -0.25) is 0 Å². The van der Waals surface area contributed by atoms with Crippen LogP contribution >= 0.6 is 0 Å². The molecule has 0 aliphatic carbocycles. The van der Waals surface area contributed by atoms with Crippen LogP contribution < -0.4 is 5.32 Å². The summed E-state index contributed by atoms with van der Waals surface area (Å²) in [6.07, 6.45) is 0. The molecule has 0 aromatic heterocycles. The van der Waals surface area contributed by atoms with Crippen molar-refractivity contribution in [3.63, 3.8) is 0 Å². The number of allylic oxidation sites excluding steroid dienone is 1. The van der Waals surface area contributed by atoms with Crippen LogP contribution in [0, 0.1) is 11.3 Å². The zero-order chi connectivity index (χ0) is 9.35. The van der Waals surface area contributed by atoms with Gasteiger partial charge in [0, 0.05) is 18.5 Å². The van der Waals surface area contributed by atoms with E-state index in [1.807, 2.05) is 0 Å². The van der Waals surface area contributed by atoms with Gasteiger partial charge in [-0.1, -0.05) is 31.9 Å². The van der Waals surface area contributed by atoms with E-state index in [-0.39, 0.29) is 0 Å². The molecule has 1 atom stereocenters. The van der Waals surface area contributed by atoms with Crippen LogP contribution in [0.4, 0.5) is 0 Å². The van der Waals surface area contributed by atoms with E-state index in [0.29, 0.717) is 5.41 Å². The summed E-state index contributed by atoms with van der Waals surface area (Å²) in [5.41, 5.74) is 3.52. The Kier molecular flexibility index (Phi) is 2.62. The fraction of sp³-hybridized carbons (Fsp3) is 0.818. The van der Waals surface area contributed by atoms with Crippen LogP contribution in [0.25, 0.3) is 0 Å². The van der Waals surface area contributed by atoms with E-state index in [0.717, 1.165) is 19.0 Å². The molecule has 1 fully saturated rings. The molecule has 1 aliphatic heterocycles. The third-order valence-electron chi connectivity index (χ3n) is 3.36. The zero-order valence-electron chi connectivity index (χ0n) is 8.99. The first-order valence-corrected chi connectivity index (χ1v) is 4.86. The lowest BCUT2D eigenvalue weighted by Crippen LogP contribution is -2.27. The van der Waals surface area contributed by atoms with E-state index >= 15 is 0 Å². The Bertz CT molecular complexity index is 199. The van der Waals surface area contributed by atoms with Gasteiger partial charge in [0.25, 0.3) is 0 Å². The van der Waals surface area contributed by atoms with Crippen LogP contribution in [-0.4, -0.2) is 13.1 Å². The lowest BCUT2D eigenvalue weighted by Gasteiger charge is -2.30. The highest BCUT2D eigenvalue weighted by Crippen LogP contribution is 2.39. The van der Waals surface area contributed by atoms with E-state index in [9.17, 15) is 0 Å². The lowest BCUT2D eigenvalue weighted by molar-refractivity contribution is 0.303. The molecule has 1 N–H and O–H groups in total. The molecule has 1 heterocycles. The number of nitrogens with one attached hydrogen (secondary N) is 1. The topological polar surface area (TPSA) is 12.0 Å². The average Bonchev–Trinajstić information content (AvgIpc) is 2.32. The van der Waals surface area contributed by atoms with Crippen molar-refractivity contribution < 1.29 is 0 Å². The molecule has 0 aromatic carbocycles. The number of rotatable bonds is 1. The third kappa shape index (κ3) is 1.42. The SMILES string of the molecule is CC(C)=C1CNC[C@@]1(C)C(C)C. The molecule has 1 heteroatoms. The van der Waals surface area contributed by atoms with Gasteiger partial charge in [0.2, 0.25) is 0 Å². The van der Waals surface area contributed by atoms with Gasteiger partial charge in [0.15, 0.2) is 0 Å². The highest BCUT2D eigenvalue weighted by atomic mass is 14.9. The first kappa shape index (κ1) is 9.79. The number of hydrogen-bond acceptors (Lipinski definition) is 1. The molecule has 0 saturated carbocycles. The molecule has 0 bridgehead atoms. The van der Waals surface area contributed by atoms with E-state index in [4.69, 9.17) is 0 Å². The Morgan fingerprint density at radius 2 is 2.00 bits per heavy atom. The van der Waals surface area contributed by atoms with E-state index in [2.05, 4.69) is 39.9 Å². The summed E-state index contributed by atoms with van der Waals surface area (Å²) in [6.45, 7) is 13.7. The minimum absolute atomic E-state index is 0.402. The minimum Gasteiger partial charge on any atom is -0.312 e. The van der Waals surface area contributed by atoms with E-state index in [1.165, 1.54) is 5.57 Å². The highest BCUT2D eigenvalue weighted by molar-refractivity contribution is 5.25. The number of hydrogen-bond donors (Lipinski definition) is 1. The molecular formula is C11H21N.